The third-order valence-corrected chi connectivity index (χ3v) is 5.36. The average molecular weight is 377 g/mol. The smallest absolute Gasteiger partial charge is 0.236 e. The Labute approximate surface area is 154 Å². The van der Waals surface area contributed by atoms with Gasteiger partial charge in [0.05, 0.1) is 12.3 Å². The minimum Gasteiger partial charge on any atom is -0.483 e. The quantitative estimate of drug-likeness (QED) is 0.778. The van der Waals surface area contributed by atoms with Crippen molar-refractivity contribution in [3.05, 3.63) is 36.2 Å². The first-order valence-corrected chi connectivity index (χ1v) is 9.81. The number of hydrogen-bond donors (Lipinski definition) is 1. The number of para-hydroxylation sites is 1. The number of hydrogen-bond acceptors (Lipinski definition) is 7. The van der Waals surface area contributed by atoms with E-state index in [2.05, 4.69) is 20.5 Å². The van der Waals surface area contributed by atoms with Crippen molar-refractivity contribution in [2.45, 2.75) is 18.2 Å². The molecule has 1 aliphatic rings. The Hall–Kier alpha value is -2.00. The predicted molar refractivity (Wildman–Crippen MR) is 100 cm³/mol. The van der Waals surface area contributed by atoms with Crippen LogP contribution in [0.1, 0.15) is 18.9 Å². The number of aromatic nitrogens is 3. The van der Waals surface area contributed by atoms with E-state index in [0.29, 0.717) is 16.1 Å². The summed E-state index contributed by atoms with van der Waals surface area (Å²) in [5.41, 5.74) is 0. The molecule has 1 aromatic carbocycles. The summed E-state index contributed by atoms with van der Waals surface area (Å²) < 4.78 is 7.73. The van der Waals surface area contributed by atoms with Crippen LogP contribution < -0.4 is 10.1 Å². The van der Waals surface area contributed by atoms with Gasteiger partial charge in [-0.05, 0) is 19.1 Å². The molecule has 1 N–H and O–H groups in total. The fourth-order valence-corrected chi connectivity index (χ4v) is 3.72. The molecule has 0 radical (unpaired) electrons. The number of amides is 1. The van der Waals surface area contributed by atoms with Gasteiger partial charge in [-0.25, -0.2) is 0 Å². The van der Waals surface area contributed by atoms with Crippen LogP contribution in [-0.2, 0) is 11.8 Å². The maximum atomic E-state index is 12.0. The normalized spacial score (nSPS) is 14.9. The largest absolute Gasteiger partial charge is 0.483 e. The molecule has 2 aromatic rings. The van der Waals surface area contributed by atoms with Crippen molar-refractivity contribution in [3.8, 4) is 5.75 Å². The van der Waals surface area contributed by atoms with Crippen LogP contribution in [-0.4, -0.2) is 43.9 Å². The summed E-state index contributed by atoms with van der Waals surface area (Å²) in [5.74, 6) is 2.59. The Morgan fingerprint density at radius 3 is 2.92 bits per heavy atom. The molecule has 7 nitrogen and oxygen atoms in total. The van der Waals surface area contributed by atoms with E-state index < -0.39 is 0 Å². The molecule has 2 heterocycles. The van der Waals surface area contributed by atoms with Gasteiger partial charge in [-0.15, -0.1) is 10.2 Å². The first kappa shape index (κ1) is 17.8. The van der Waals surface area contributed by atoms with E-state index in [4.69, 9.17) is 4.74 Å². The number of benzene rings is 1. The number of aliphatic imine (C=N–C) groups is 1. The second kappa shape index (κ2) is 8.39. The molecule has 1 aliphatic heterocycles. The lowest BCUT2D eigenvalue weighted by atomic mass is 10.3. The van der Waals surface area contributed by atoms with E-state index in [1.165, 1.54) is 11.8 Å². The standard InChI is InChI=1S/C16H19N5O2S2/c1-11(23-12-6-4-3-5-7-12)14-19-20-16(21(14)2)25-10-13(22)18-15-17-8-9-24-15/h3-7,11H,8-10H2,1-2H3,(H,17,18,22). The predicted octanol–water partition coefficient (Wildman–Crippen LogP) is 2.27. The minimum absolute atomic E-state index is 0.0868. The minimum atomic E-state index is -0.243. The van der Waals surface area contributed by atoms with E-state index in [-0.39, 0.29) is 17.8 Å². The molecule has 0 spiro atoms. The van der Waals surface area contributed by atoms with Crippen molar-refractivity contribution < 1.29 is 9.53 Å². The molecule has 0 fully saturated rings. The first-order valence-electron chi connectivity index (χ1n) is 7.84. The molecular formula is C16H19N5O2S2. The van der Waals surface area contributed by atoms with Gasteiger partial charge in [0.2, 0.25) is 5.91 Å². The highest BCUT2D eigenvalue weighted by Gasteiger charge is 2.18. The fourth-order valence-electron chi connectivity index (χ4n) is 2.26. The number of carbonyl (C=O) groups is 1. The number of rotatable bonds is 6. The summed E-state index contributed by atoms with van der Waals surface area (Å²) in [5, 5.41) is 12.5. The lowest BCUT2D eigenvalue weighted by molar-refractivity contribution is -0.117. The third-order valence-electron chi connectivity index (χ3n) is 3.45. The Morgan fingerprint density at radius 1 is 1.40 bits per heavy atom. The molecule has 0 aliphatic carbocycles. The maximum Gasteiger partial charge on any atom is 0.236 e. The number of nitrogens with one attached hydrogen (secondary N) is 1. The van der Waals surface area contributed by atoms with Crippen molar-refractivity contribution in [1.29, 1.82) is 0 Å². The van der Waals surface area contributed by atoms with E-state index in [0.717, 1.165) is 18.0 Å². The topological polar surface area (TPSA) is 81.4 Å². The summed E-state index contributed by atoms with van der Waals surface area (Å²) in [6, 6.07) is 9.58. The van der Waals surface area contributed by atoms with E-state index in [1.807, 2.05) is 48.9 Å². The maximum absolute atomic E-state index is 12.0. The van der Waals surface area contributed by atoms with E-state index >= 15 is 0 Å². The SMILES string of the molecule is CC(Oc1ccccc1)c1nnc(SCC(=O)NC2=NCCS2)n1C. The van der Waals surface area contributed by atoms with Crippen molar-refractivity contribution in [1.82, 2.24) is 20.1 Å². The number of ether oxygens (including phenoxy) is 1. The molecule has 1 atom stereocenters. The van der Waals surface area contributed by atoms with Crippen LogP contribution in [0.15, 0.2) is 40.5 Å². The van der Waals surface area contributed by atoms with Crippen LogP contribution in [0.5, 0.6) is 5.75 Å². The monoisotopic (exact) mass is 377 g/mol. The summed E-state index contributed by atoms with van der Waals surface area (Å²) in [4.78, 5) is 16.2. The molecule has 1 unspecified atom stereocenters. The van der Waals surface area contributed by atoms with Crippen LogP contribution in [0.4, 0.5) is 0 Å². The van der Waals surface area contributed by atoms with Crippen LogP contribution >= 0.6 is 23.5 Å². The number of amidine groups is 1. The van der Waals surface area contributed by atoms with Gasteiger partial charge >= 0.3 is 0 Å². The number of carbonyl (C=O) groups excluding carboxylic acids is 1. The van der Waals surface area contributed by atoms with E-state index in [9.17, 15) is 4.79 Å². The zero-order valence-corrected chi connectivity index (χ0v) is 15.6. The lowest BCUT2D eigenvalue weighted by Gasteiger charge is -2.14. The highest BCUT2D eigenvalue weighted by molar-refractivity contribution is 8.14. The zero-order valence-electron chi connectivity index (χ0n) is 14.0. The van der Waals surface area contributed by atoms with Crippen LogP contribution in [0.25, 0.3) is 0 Å². The van der Waals surface area contributed by atoms with Crippen LogP contribution in [0.3, 0.4) is 0 Å². The van der Waals surface area contributed by atoms with Gasteiger partial charge in [-0.2, -0.15) is 0 Å². The van der Waals surface area contributed by atoms with Gasteiger partial charge in [0, 0.05) is 12.8 Å². The fraction of sp³-hybridized carbons (Fsp3) is 0.375. The van der Waals surface area contributed by atoms with Gasteiger partial charge in [0.25, 0.3) is 0 Å². The molecule has 25 heavy (non-hydrogen) atoms. The Balaban J connectivity index is 1.56. The van der Waals surface area contributed by atoms with Crippen molar-refractivity contribution in [3.63, 3.8) is 0 Å². The van der Waals surface area contributed by atoms with Gasteiger partial charge in [0.1, 0.15) is 5.75 Å². The second-order valence-electron chi connectivity index (χ2n) is 5.35. The molecular weight excluding hydrogens is 358 g/mol. The van der Waals surface area contributed by atoms with Gasteiger partial charge in [-0.1, -0.05) is 41.7 Å². The summed E-state index contributed by atoms with van der Waals surface area (Å²) in [6.45, 7) is 2.69. The highest BCUT2D eigenvalue weighted by Crippen LogP contribution is 2.23. The van der Waals surface area contributed by atoms with E-state index in [1.54, 1.807) is 11.8 Å². The zero-order chi connectivity index (χ0) is 17.6. The van der Waals surface area contributed by atoms with Crippen molar-refractivity contribution >= 4 is 34.6 Å². The lowest BCUT2D eigenvalue weighted by Crippen LogP contribution is -2.29. The highest BCUT2D eigenvalue weighted by atomic mass is 32.2. The van der Waals surface area contributed by atoms with Crippen LogP contribution in [0.2, 0.25) is 0 Å². The van der Waals surface area contributed by atoms with Crippen LogP contribution in [0, 0.1) is 0 Å². The molecule has 0 bridgehead atoms. The Morgan fingerprint density at radius 2 is 2.20 bits per heavy atom. The molecule has 1 amide bonds. The van der Waals surface area contributed by atoms with Gasteiger partial charge in [0.15, 0.2) is 22.3 Å². The Kier molecular flexibility index (Phi) is 5.98. The molecule has 1 aromatic heterocycles. The second-order valence-corrected chi connectivity index (χ2v) is 7.37. The van der Waals surface area contributed by atoms with Crippen molar-refractivity contribution in [2.24, 2.45) is 12.0 Å². The Bertz CT molecular complexity index is 763. The summed E-state index contributed by atoms with van der Waals surface area (Å²) in [6.07, 6.45) is -0.243. The first-order chi connectivity index (χ1) is 12.1. The molecule has 0 saturated heterocycles. The number of nitrogens with zero attached hydrogens (tertiary/aromatic N) is 4. The molecule has 3 rings (SSSR count). The van der Waals surface area contributed by atoms with Crippen molar-refractivity contribution in [2.75, 3.05) is 18.1 Å². The summed E-state index contributed by atoms with van der Waals surface area (Å²) in [7, 11) is 1.87. The third kappa shape index (κ3) is 4.76. The summed E-state index contributed by atoms with van der Waals surface area (Å²) >= 11 is 2.90. The van der Waals surface area contributed by atoms with Gasteiger partial charge in [-0.3, -0.25) is 9.79 Å². The molecule has 0 saturated carbocycles. The molecule has 9 heteroatoms. The molecule has 132 valence electrons. The number of thioether (sulfide) groups is 2. The van der Waals surface area contributed by atoms with Gasteiger partial charge < -0.3 is 14.6 Å². The average Bonchev–Trinajstić information content (AvgIpc) is 3.23.